The molecule has 4 rings (SSSR count). The Hall–Kier alpha value is -3.37. The average Bonchev–Trinajstić information content (AvgIpc) is 2.97. The Kier molecular flexibility index (Phi) is 11.9. The van der Waals surface area contributed by atoms with Crippen LogP contribution in [0.25, 0.3) is 0 Å². The van der Waals surface area contributed by atoms with Crippen LogP contribution in [0.1, 0.15) is 49.8 Å². The standard InChI is InChI=1S/C30H44N6O4/c37-29(38)27(35-30(39)34-25-13-17-31-18-14-25)15-20-36(21-22-40-26-9-2-1-3-10-26)19-5-4-8-24-12-11-23-7-6-16-32-28(23)33-24/h1-3,9-12,25,27,31H,4-8,13-22H2,(H,32,33)(H,37,38)(H2,34,35,39)/t27-/m0/s1. The molecule has 0 spiro atoms. The highest BCUT2D eigenvalue weighted by Gasteiger charge is 2.23. The average molecular weight is 553 g/mol. The number of hydrogen-bond donors (Lipinski definition) is 5. The lowest BCUT2D eigenvalue weighted by molar-refractivity contribution is -0.139. The van der Waals surface area contributed by atoms with Gasteiger partial charge in [-0.1, -0.05) is 24.3 Å². The molecule has 5 N–H and O–H groups in total. The number of unbranched alkanes of at least 4 members (excludes halogenated alkanes) is 1. The van der Waals surface area contributed by atoms with Gasteiger partial charge in [0, 0.05) is 31.4 Å². The van der Waals surface area contributed by atoms with E-state index < -0.39 is 18.0 Å². The molecule has 10 heteroatoms. The predicted molar refractivity (Wildman–Crippen MR) is 156 cm³/mol. The molecule has 1 aromatic heterocycles. The maximum atomic E-state index is 12.5. The van der Waals surface area contributed by atoms with Crippen molar-refractivity contribution in [1.82, 2.24) is 25.8 Å². The first kappa shape index (κ1) is 29.6. The number of amides is 2. The lowest BCUT2D eigenvalue weighted by Crippen LogP contribution is -2.52. The normalized spacial score (nSPS) is 16.0. The number of nitrogens with zero attached hydrogens (tertiary/aromatic N) is 2. The van der Waals surface area contributed by atoms with Gasteiger partial charge in [0.05, 0.1) is 0 Å². The smallest absolute Gasteiger partial charge is 0.326 e. The quantitative estimate of drug-likeness (QED) is 0.213. The molecule has 0 unspecified atom stereocenters. The molecule has 2 aromatic rings. The van der Waals surface area contributed by atoms with Crippen molar-refractivity contribution >= 4 is 17.8 Å². The minimum Gasteiger partial charge on any atom is -0.492 e. The fourth-order valence-electron chi connectivity index (χ4n) is 5.21. The molecule has 2 aliphatic rings. The zero-order valence-corrected chi connectivity index (χ0v) is 23.4. The Morgan fingerprint density at radius 3 is 2.67 bits per heavy atom. The molecule has 1 atom stereocenters. The largest absolute Gasteiger partial charge is 0.492 e. The Labute approximate surface area is 237 Å². The molecule has 10 nitrogen and oxygen atoms in total. The summed E-state index contributed by atoms with van der Waals surface area (Å²) in [6.07, 6.45) is 7.09. The summed E-state index contributed by atoms with van der Waals surface area (Å²) in [7, 11) is 0. The van der Waals surface area contributed by atoms with E-state index in [1.54, 1.807) is 0 Å². The molecule has 0 aliphatic carbocycles. The van der Waals surface area contributed by atoms with Crippen LogP contribution in [-0.4, -0.2) is 84.9 Å². The molecule has 218 valence electrons. The second-order valence-electron chi connectivity index (χ2n) is 10.6. The second kappa shape index (κ2) is 16.0. The minimum absolute atomic E-state index is 0.0720. The molecule has 1 fully saturated rings. The number of aliphatic carboxylic acids is 1. The predicted octanol–water partition coefficient (Wildman–Crippen LogP) is 3.04. The van der Waals surface area contributed by atoms with Crippen LogP contribution < -0.4 is 26.0 Å². The maximum absolute atomic E-state index is 12.5. The number of anilines is 1. The van der Waals surface area contributed by atoms with Crippen molar-refractivity contribution in [3.8, 4) is 5.75 Å². The summed E-state index contributed by atoms with van der Waals surface area (Å²) in [4.78, 5) is 31.5. The summed E-state index contributed by atoms with van der Waals surface area (Å²) in [5.74, 6) is 0.821. The van der Waals surface area contributed by atoms with Crippen molar-refractivity contribution in [2.75, 3.05) is 51.2 Å². The van der Waals surface area contributed by atoms with Crippen LogP contribution in [0, 0.1) is 0 Å². The topological polar surface area (TPSA) is 128 Å². The van der Waals surface area contributed by atoms with E-state index in [1.165, 1.54) is 5.56 Å². The number of fused-ring (bicyclic) bond motifs is 1. The van der Waals surface area contributed by atoms with Gasteiger partial charge in [-0.15, -0.1) is 0 Å². The van der Waals surface area contributed by atoms with Crippen LogP contribution in [0.5, 0.6) is 5.75 Å². The number of rotatable bonds is 15. The van der Waals surface area contributed by atoms with Crippen LogP contribution in [0.15, 0.2) is 42.5 Å². The van der Waals surface area contributed by atoms with Crippen LogP contribution in [-0.2, 0) is 17.6 Å². The van der Waals surface area contributed by atoms with Gasteiger partial charge in [-0.25, -0.2) is 14.6 Å². The maximum Gasteiger partial charge on any atom is 0.326 e. The van der Waals surface area contributed by atoms with Gasteiger partial charge in [0.2, 0.25) is 0 Å². The number of nitrogens with one attached hydrogen (secondary N) is 4. The molecule has 2 aliphatic heterocycles. The number of carboxylic acid groups (broad SMARTS) is 1. The number of ether oxygens (including phenoxy) is 1. The number of carbonyl (C=O) groups excluding carboxylic acids is 1. The highest BCUT2D eigenvalue weighted by molar-refractivity contribution is 5.82. The number of aromatic nitrogens is 1. The number of pyridine rings is 1. The van der Waals surface area contributed by atoms with E-state index in [2.05, 4.69) is 38.3 Å². The summed E-state index contributed by atoms with van der Waals surface area (Å²) in [6.45, 7) is 5.22. The highest BCUT2D eigenvalue weighted by atomic mass is 16.5. The molecule has 0 saturated carbocycles. The van der Waals surface area contributed by atoms with E-state index in [9.17, 15) is 14.7 Å². The van der Waals surface area contributed by atoms with Crippen LogP contribution >= 0.6 is 0 Å². The van der Waals surface area contributed by atoms with Gasteiger partial charge in [0.15, 0.2) is 0 Å². The van der Waals surface area contributed by atoms with Gasteiger partial charge in [0.25, 0.3) is 0 Å². The van der Waals surface area contributed by atoms with E-state index in [0.29, 0.717) is 26.1 Å². The molecule has 40 heavy (non-hydrogen) atoms. The Morgan fingerprint density at radius 1 is 1.05 bits per heavy atom. The Bertz CT molecular complexity index is 1060. The van der Waals surface area contributed by atoms with E-state index in [-0.39, 0.29) is 6.04 Å². The summed E-state index contributed by atoms with van der Waals surface area (Å²) in [5, 5.41) is 22.0. The Morgan fingerprint density at radius 2 is 1.88 bits per heavy atom. The third-order valence-corrected chi connectivity index (χ3v) is 7.54. The molecule has 1 saturated heterocycles. The fraction of sp³-hybridized carbons (Fsp3) is 0.567. The lowest BCUT2D eigenvalue weighted by Gasteiger charge is -2.26. The van der Waals surface area contributed by atoms with Crippen molar-refractivity contribution < 1.29 is 19.4 Å². The van der Waals surface area contributed by atoms with Crippen molar-refractivity contribution in [3.05, 3.63) is 53.7 Å². The molecule has 3 heterocycles. The minimum atomic E-state index is -1.02. The van der Waals surface area contributed by atoms with Gasteiger partial charge in [-0.05, 0) is 94.8 Å². The van der Waals surface area contributed by atoms with Gasteiger partial charge in [0.1, 0.15) is 24.2 Å². The molecule has 0 radical (unpaired) electrons. The first-order valence-electron chi connectivity index (χ1n) is 14.7. The number of piperidine rings is 1. The van der Waals surface area contributed by atoms with Gasteiger partial charge in [-0.2, -0.15) is 0 Å². The number of urea groups is 1. The molecule has 1 aromatic carbocycles. The van der Waals surface area contributed by atoms with E-state index in [0.717, 1.165) is 88.4 Å². The first-order chi connectivity index (χ1) is 19.6. The zero-order valence-electron chi connectivity index (χ0n) is 23.4. The molecule has 2 amide bonds. The fourth-order valence-corrected chi connectivity index (χ4v) is 5.21. The third kappa shape index (κ3) is 9.98. The molecular weight excluding hydrogens is 508 g/mol. The number of para-hydroxylation sites is 1. The first-order valence-corrected chi connectivity index (χ1v) is 14.7. The number of aryl methyl sites for hydroxylation is 2. The van der Waals surface area contributed by atoms with E-state index >= 15 is 0 Å². The summed E-state index contributed by atoms with van der Waals surface area (Å²) >= 11 is 0. The second-order valence-corrected chi connectivity index (χ2v) is 10.6. The number of benzene rings is 1. The van der Waals surface area contributed by atoms with Crippen molar-refractivity contribution in [2.45, 2.75) is 63.5 Å². The number of carbonyl (C=O) groups is 2. The van der Waals surface area contributed by atoms with Gasteiger partial charge in [-0.3, -0.25) is 4.90 Å². The van der Waals surface area contributed by atoms with Crippen LogP contribution in [0.3, 0.4) is 0 Å². The van der Waals surface area contributed by atoms with Crippen LogP contribution in [0.2, 0.25) is 0 Å². The monoisotopic (exact) mass is 552 g/mol. The van der Waals surface area contributed by atoms with Gasteiger partial charge >= 0.3 is 12.0 Å². The van der Waals surface area contributed by atoms with Crippen LogP contribution in [0.4, 0.5) is 10.6 Å². The summed E-state index contributed by atoms with van der Waals surface area (Å²) < 4.78 is 5.91. The summed E-state index contributed by atoms with van der Waals surface area (Å²) in [5.41, 5.74) is 2.40. The Balaban J connectivity index is 1.25. The summed E-state index contributed by atoms with van der Waals surface area (Å²) in [6, 6.07) is 12.7. The van der Waals surface area contributed by atoms with Crippen molar-refractivity contribution in [1.29, 1.82) is 0 Å². The lowest BCUT2D eigenvalue weighted by atomic mass is 10.1. The van der Waals surface area contributed by atoms with E-state index in [1.807, 2.05) is 30.3 Å². The number of hydrogen-bond acceptors (Lipinski definition) is 7. The number of carboxylic acids is 1. The molecular formula is C30H44N6O4. The van der Waals surface area contributed by atoms with Gasteiger partial charge < -0.3 is 31.1 Å². The van der Waals surface area contributed by atoms with Crippen molar-refractivity contribution in [2.24, 2.45) is 0 Å². The van der Waals surface area contributed by atoms with E-state index in [4.69, 9.17) is 9.72 Å². The third-order valence-electron chi connectivity index (χ3n) is 7.54. The molecule has 0 bridgehead atoms. The SMILES string of the molecule is O=C(NC1CCNCC1)N[C@@H](CCN(CCCCc1ccc2c(n1)NCCC2)CCOc1ccccc1)C(=O)O. The zero-order chi connectivity index (χ0) is 28.0. The highest BCUT2D eigenvalue weighted by Crippen LogP contribution is 2.20. The van der Waals surface area contributed by atoms with Crippen molar-refractivity contribution in [3.63, 3.8) is 0 Å².